The van der Waals surface area contributed by atoms with Crippen molar-refractivity contribution >= 4 is 41.5 Å². The van der Waals surface area contributed by atoms with E-state index >= 15 is 0 Å². The van der Waals surface area contributed by atoms with E-state index in [1.54, 1.807) is 0 Å². The first-order valence-corrected chi connectivity index (χ1v) is 11.3. The summed E-state index contributed by atoms with van der Waals surface area (Å²) in [5.74, 6) is -1.11. The number of carbonyl (C=O) groups is 2. The van der Waals surface area contributed by atoms with Gasteiger partial charge in [0.15, 0.2) is 0 Å². The fourth-order valence-electron chi connectivity index (χ4n) is 2.64. The van der Waals surface area contributed by atoms with Gasteiger partial charge in [0.25, 0.3) is 0 Å². The number of esters is 1. The number of carboxylic acid groups (broad SMARTS) is 1. The summed E-state index contributed by atoms with van der Waals surface area (Å²) in [6, 6.07) is 0. The van der Waals surface area contributed by atoms with Crippen molar-refractivity contribution in [2.24, 2.45) is 0 Å². The third-order valence-electron chi connectivity index (χ3n) is 4.37. The number of ether oxygens (including phenoxy) is 1. The number of aliphatic carboxylic acids is 1. The van der Waals surface area contributed by atoms with Crippen LogP contribution in [0.2, 0.25) is 0 Å². The molecule has 0 bridgehead atoms. The molecule has 0 unspecified atom stereocenters. The van der Waals surface area contributed by atoms with Gasteiger partial charge in [-0.25, -0.2) is 4.79 Å². The number of carbonyl (C=O) groups excluding carboxylic acids is 1. The third-order valence-corrected chi connectivity index (χ3v) is 4.37. The topological polar surface area (TPSA) is 83.8 Å². The van der Waals surface area contributed by atoms with Crippen LogP contribution in [0.4, 0.5) is 0 Å². The molecule has 0 aromatic heterocycles. The number of hydrogen-bond acceptors (Lipinski definition) is 4. The van der Waals surface area contributed by atoms with Crippen LogP contribution in [-0.2, 0) is 14.3 Å². The summed E-state index contributed by atoms with van der Waals surface area (Å²) in [5, 5.41) is 16.7. The summed E-state index contributed by atoms with van der Waals surface area (Å²) in [4.78, 5) is 20.6. The Morgan fingerprint density at radius 2 is 1.33 bits per heavy atom. The second-order valence-electron chi connectivity index (χ2n) is 7.18. The molecule has 0 aliphatic carbocycles. The smallest absolute Gasteiger partial charge is 0.330 e. The molecule has 0 atom stereocenters. The van der Waals surface area contributed by atoms with Crippen molar-refractivity contribution in [3.05, 3.63) is 24.8 Å². The zero-order valence-corrected chi connectivity index (χ0v) is 21.6. The molecule has 2 N–H and O–H groups in total. The molecule has 0 heterocycles. The monoisotopic (exact) mass is 435 g/mol. The van der Waals surface area contributed by atoms with Crippen molar-refractivity contribution < 1.29 is 24.5 Å². The molecule has 0 amide bonds. The van der Waals surface area contributed by atoms with Gasteiger partial charge in [-0.2, -0.15) is 0 Å². The predicted molar refractivity (Wildman–Crippen MR) is 126 cm³/mol. The van der Waals surface area contributed by atoms with E-state index in [0.29, 0.717) is 12.8 Å². The average Bonchev–Trinajstić information content (AvgIpc) is 2.71. The number of unbranched alkanes of at least 4 members (excludes halogenated alkanes) is 11. The Hall–Kier alpha value is -0.620. The van der Waals surface area contributed by atoms with Crippen molar-refractivity contribution in [1.82, 2.24) is 0 Å². The van der Waals surface area contributed by atoms with Gasteiger partial charge in [-0.05, 0) is 32.1 Å². The zero-order chi connectivity index (χ0) is 22.0. The van der Waals surface area contributed by atoms with Gasteiger partial charge in [0, 0.05) is 55.1 Å². The molecule has 6 heteroatoms. The van der Waals surface area contributed by atoms with Crippen LogP contribution in [0.3, 0.4) is 0 Å². The van der Waals surface area contributed by atoms with Crippen LogP contribution in [0.15, 0.2) is 24.8 Å². The zero-order valence-electron chi connectivity index (χ0n) is 19.6. The Balaban J connectivity index is -0.000000616. The van der Waals surface area contributed by atoms with Crippen LogP contribution in [0.1, 0.15) is 103 Å². The summed E-state index contributed by atoms with van der Waals surface area (Å²) in [6.45, 7) is 5.77. The number of rotatable bonds is 19. The summed E-state index contributed by atoms with van der Waals surface area (Å²) < 4.78 is 4.51. The minimum atomic E-state index is -0.664. The molecule has 0 fully saturated rings. The molecule has 0 aromatic carbocycles. The van der Waals surface area contributed by atoms with Crippen LogP contribution in [0.5, 0.6) is 0 Å². The molecular formula is C24H44NaO5. The average molecular weight is 436 g/mol. The number of hydrogen-bond donors (Lipinski definition) is 2. The molecule has 0 saturated heterocycles. The van der Waals surface area contributed by atoms with Crippen LogP contribution < -0.4 is 0 Å². The molecule has 0 aliphatic rings. The number of allylic oxidation sites excluding steroid dienone is 2. The fraction of sp³-hybridized carbons (Fsp3) is 0.750. The minimum absolute atomic E-state index is 0. The van der Waals surface area contributed by atoms with Crippen LogP contribution in [0.25, 0.3) is 0 Å². The van der Waals surface area contributed by atoms with Gasteiger partial charge < -0.3 is 14.9 Å². The summed E-state index contributed by atoms with van der Waals surface area (Å²) >= 11 is 0. The molecular weight excluding hydrogens is 391 g/mol. The molecule has 0 aliphatic heterocycles. The van der Waals surface area contributed by atoms with E-state index in [2.05, 4.69) is 30.4 Å². The summed E-state index contributed by atoms with van der Waals surface area (Å²) in [6.07, 6.45) is 22.8. The van der Waals surface area contributed by atoms with Crippen LogP contribution in [0, 0.1) is 0 Å². The number of aliphatic hydroxyl groups is 1. The molecule has 0 saturated carbocycles. The maximum absolute atomic E-state index is 10.3. The second-order valence-corrected chi connectivity index (χ2v) is 7.18. The Labute approximate surface area is 206 Å². The van der Waals surface area contributed by atoms with Gasteiger partial charge in [-0.3, -0.25) is 4.79 Å². The predicted octanol–water partition coefficient (Wildman–Crippen LogP) is 5.83. The van der Waals surface area contributed by atoms with Gasteiger partial charge in [0.05, 0.1) is 6.61 Å². The van der Waals surface area contributed by atoms with E-state index < -0.39 is 11.9 Å². The normalized spacial score (nSPS) is 10.1. The molecule has 0 spiro atoms. The molecule has 171 valence electrons. The number of aliphatic hydroxyl groups excluding tert-OH is 1. The van der Waals surface area contributed by atoms with E-state index in [-0.39, 0.29) is 42.8 Å². The van der Waals surface area contributed by atoms with Gasteiger partial charge in [-0.1, -0.05) is 77.0 Å². The van der Waals surface area contributed by atoms with Crippen molar-refractivity contribution in [3.8, 4) is 0 Å². The summed E-state index contributed by atoms with van der Waals surface area (Å²) in [7, 11) is 0. The first-order valence-electron chi connectivity index (χ1n) is 11.3. The second kappa shape index (κ2) is 30.6. The summed E-state index contributed by atoms with van der Waals surface area (Å²) in [5.41, 5.74) is 0. The van der Waals surface area contributed by atoms with Gasteiger partial charge in [-0.15, -0.1) is 0 Å². The molecule has 30 heavy (non-hydrogen) atoms. The van der Waals surface area contributed by atoms with Crippen LogP contribution >= 0.6 is 0 Å². The maximum atomic E-state index is 10.3. The van der Waals surface area contributed by atoms with Crippen molar-refractivity contribution in [1.29, 1.82) is 0 Å². The largest absolute Gasteiger partial charge is 0.481 e. The first-order chi connectivity index (χ1) is 14.1. The Morgan fingerprint density at radius 1 is 0.833 bits per heavy atom. The molecule has 0 aromatic rings. The minimum Gasteiger partial charge on any atom is -0.481 e. The quantitative estimate of drug-likeness (QED) is 0.0877. The Kier molecular flexibility index (Phi) is 34.7. The Bertz CT molecular complexity index is 410. The molecule has 0 rings (SSSR count). The van der Waals surface area contributed by atoms with Gasteiger partial charge >= 0.3 is 11.9 Å². The molecule has 1 radical (unpaired) electrons. The molecule has 5 nitrogen and oxygen atoms in total. The van der Waals surface area contributed by atoms with E-state index in [9.17, 15) is 9.59 Å². The van der Waals surface area contributed by atoms with Crippen LogP contribution in [-0.4, -0.2) is 64.9 Å². The van der Waals surface area contributed by atoms with Crippen molar-refractivity contribution in [2.75, 3.05) is 13.2 Å². The van der Waals surface area contributed by atoms with E-state index in [4.69, 9.17) is 10.2 Å². The standard InChI is InChI=1S/C18H34O2.C6H10O3.Na/c1-2-3-4-5-6-7-8-9-10-11-12-13-14-15-16-17-18(19)20;1-2-6(8)9-5-3-4-7;/h9-10H,2-8,11-17H2,1H3,(H,19,20);2,7H,1,3-5H2;/b10-9-;;. The van der Waals surface area contributed by atoms with Gasteiger partial charge in [0.2, 0.25) is 0 Å². The third kappa shape index (κ3) is 34.9. The first kappa shape index (κ1) is 34.0. The van der Waals surface area contributed by atoms with Gasteiger partial charge in [0.1, 0.15) is 0 Å². The van der Waals surface area contributed by atoms with E-state index in [0.717, 1.165) is 18.9 Å². The number of carboxylic acids is 1. The Morgan fingerprint density at radius 3 is 1.80 bits per heavy atom. The van der Waals surface area contributed by atoms with E-state index in [1.807, 2.05) is 0 Å². The fourth-order valence-corrected chi connectivity index (χ4v) is 2.64. The SMILES string of the molecule is C=CC(=O)OCCCO.CCCCCCCC/C=C\CCCCCCCC(=O)O.[Na]. The van der Waals surface area contributed by atoms with Crippen molar-refractivity contribution in [3.63, 3.8) is 0 Å². The maximum Gasteiger partial charge on any atom is 0.330 e. The van der Waals surface area contributed by atoms with E-state index in [1.165, 1.54) is 70.6 Å². The van der Waals surface area contributed by atoms with Crippen molar-refractivity contribution in [2.45, 2.75) is 103 Å².